The molecule has 0 amide bonds. The molecule has 3 atom stereocenters. The zero-order valence-corrected chi connectivity index (χ0v) is 8.85. The summed E-state index contributed by atoms with van der Waals surface area (Å²) in [6.07, 6.45) is 0.356. The minimum Gasteiger partial charge on any atom is -0.761 e. The Bertz CT molecular complexity index is 104. The molecule has 0 aromatic rings. The minimum atomic E-state index is -0.395. The Morgan fingerprint density at radius 1 is 1.45 bits per heavy atom. The van der Waals surface area contributed by atoms with Gasteiger partial charge in [-0.1, -0.05) is 5.44 Å². The molecule has 11 heavy (non-hydrogen) atoms. The molecular formula is C6H11AuO3S. The third kappa shape index (κ3) is 3.94. The minimum absolute atomic E-state index is 0. The summed E-state index contributed by atoms with van der Waals surface area (Å²) in [6, 6.07) is 0. The predicted molar refractivity (Wildman–Crippen MR) is 38.4 cm³/mol. The van der Waals surface area contributed by atoms with Crippen LogP contribution in [-0.2, 0) is 39.7 Å². The molecule has 0 saturated carbocycles. The molecule has 1 heterocycles. The first-order valence-electron chi connectivity index (χ1n) is 3.32. The number of hydrogen-bond donors (Lipinski definition) is 2. The Kier molecular flexibility index (Phi) is 6.08. The van der Waals surface area contributed by atoms with Crippen LogP contribution in [0.2, 0.25) is 0 Å². The molecular weight excluding hydrogens is 349 g/mol. The van der Waals surface area contributed by atoms with Crippen molar-refractivity contribution in [2.45, 2.75) is 30.5 Å². The van der Waals surface area contributed by atoms with Gasteiger partial charge in [0, 0.05) is 6.42 Å². The molecule has 1 aliphatic heterocycles. The van der Waals surface area contributed by atoms with Gasteiger partial charge in [-0.2, -0.15) is 0 Å². The summed E-state index contributed by atoms with van der Waals surface area (Å²) < 4.78 is 5.11. The zero-order chi connectivity index (χ0) is 7.56. The summed E-state index contributed by atoms with van der Waals surface area (Å²) in [4.78, 5) is 0. The average Bonchev–Trinajstić information content (AvgIpc) is 1.85. The number of aliphatic hydroxyl groups is 2. The summed E-state index contributed by atoms with van der Waals surface area (Å²) in [6.45, 7) is -0.0514. The molecule has 3 unspecified atom stereocenters. The monoisotopic (exact) mass is 360 g/mol. The molecule has 5 heteroatoms. The van der Waals surface area contributed by atoms with E-state index in [1.807, 2.05) is 0 Å². The Balaban J connectivity index is 0.000001000. The average molecular weight is 360 g/mol. The van der Waals surface area contributed by atoms with E-state index in [4.69, 9.17) is 27.6 Å². The van der Waals surface area contributed by atoms with Gasteiger partial charge in [-0.05, 0) is 6.42 Å². The Hall–Kier alpha value is 0.970. The van der Waals surface area contributed by atoms with Gasteiger partial charge in [-0.3, -0.25) is 0 Å². The van der Waals surface area contributed by atoms with Crippen molar-refractivity contribution in [3.63, 3.8) is 0 Å². The first-order chi connectivity index (χ1) is 4.72. The molecule has 1 rings (SSSR count). The number of ether oxygens (including phenoxy) is 1. The van der Waals surface area contributed by atoms with Crippen molar-refractivity contribution >= 4 is 12.6 Å². The summed E-state index contributed by atoms with van der Waals surface area (Å²) in [5, 5.41) is 17.8. The molecule has 0 aromatic carbocycles. The van der Waals surface area contributed by atoms with Crippen LogP contribution in [0, 0.1) is 0 Å². The predicted octanol–water partition coefficient (Wildman–Crippen LogP) is -0.611. The quantitative estimate of drug-likeness (QED) is 0.484. The van der Waals surface area contributed by atoms with Gasteiger partial charge in [0.25, 0.3) is 0 Å². The van der Waals surface area contributed by atoms with Crippen molar-refractivity contribution in [2.24, 2.45) is 0 Å². The normalized spacial score (nSPS) is 37.9. The van der Waals surface area contributed by atoms with Crippen molar-refractivity contribution in [1.82, 2.24) is 0 Å². The standard InChI is InChI=1S/C6H12O3S.Au/c7-3-5-1-4(8)2-6(10)9-5;/h4-8,10H,1-3H2;/q;+1/p-1. The molecule has 1 fully saturated rings. The largest absolute Gasteiger partial charge is 1.00 e. The van der Waals surface area contributed by atoms with Crippen LogP contribution in [0.3, 0.4) is 0 Å². The van der Waals surface area contributed by atoms with Crippen LogP contribution < -0.4 is 0 Å². The summed E-state index contributed by atoms with van der Waals surface area (Å²) in [5.74, 6) is 0. The maximum Gasteiger partial charge on any atom is 1.00 e. The molecule has 1 aliphatic rings. The van der Waals surface area contributed by atoms with Gasteiger partial charge < -0.3 is 27.6 Å². The summed E-state index contributed by atoms with van der Waals surface area (Å²) >= 11 is 4.82. The van der Waals surface area contributed by atoms with E-state index >= 15 is 0 Å². The van der Waals surface area contributed by atoms with E-state index in [0.717, 1.165) is 0 Å². The van der Waals surface area contributed by atoms with E-state index in [1.54, 1.807) is 0 Å². The van der Waals surface area contributed by atoms with Gasteiger partial charge in [0.2, 0.25) is 0 Å². The van der Waals surface area contributed by atoms with Crippen molar-refractivity contribution in [1.29, 1.82) is 0 Å². The molecule has 70 valence electrons. The first-order valence-corrected chi connectivity index (χ1v) is 3.79. The van der Waals surface area contributed by atoms with Gasteiger partial charge >= 0.3 is 22.4 Å². The fourth-order valence-electron chi connectivity index (χ4n) is 1.07. The molecule has 1 saturated heterocycles. The van der Waals surface area contributed by atoms with Gasteiger partial charge in [0.15, 0.2) is 0 Å². The van der Waals surface area contributed by atoms with Gasteiger partial charge in [0.1, 0.15) is 0 Å². The van der Waals surface area contributed by atoms with Crippen LogP contribution in [0.4, 0.5) is 0 Å². The molecule has 0 aliphatic carbocycles. The first kappa shape index (κ1) is 12.0. The van der Waals surface area contributed by atoms with Crippen molar-refractivity contribution in [2.75, 3.05) is 6.61 Å². The molecule has 0 bridgehead atoms. The molecule has 2 N–H and O–H groups in total. The van der Waals surface area contributed by atoms with Crippen molar-refractivity contribution in [3.8, 4) is 0 Å². The van der Waals surface area contributed by atoms with Gasteiger partial charge in [-0.15, -0.1) is 0 Å². The zero-order valence-electron chi connectivity index (χ0n) is 5.87. The second-order valence-electron chi connectivity index (χ2n) is 2.50. The molecule has 0 radical (unpaired) electrons. The molecule has 3 nitrogen and oxygen atoms in total. The second-order valence-corrected chi connectivity index (χ2v) is 3.02. The maximum absolute atomic E-state index is 9.12. The Morgan fingerprint density at radius 3 is 2.55 bits per heavy atom. The smallest absolute Gasteiger partial charge is 0.761 e. The van der Waals surface area contributed by atoms with E-state index in [1.165, 1.54) is 0 Å². The van der Waals surface area contributed by atoms with E-state index in [2.05, 4.69) is 0 Å². The SMILES string of the molecule is OCC1CC(O)CC([S-])O1.[Au+]. The van der Waals surface area contributed by atoms with Gasteiger partial charge in [0.05, 0.1) is 18.8 Å². The third-order valence-corrected chi connectivity index (χ3v) is 1.85. The summed E-state index contributed by atoms with van der Waals surface area (Å²) in [5.41, 5.74) is -0.332. The van der Waals surface area contributed by atoms with Crippen LogP contribution in [-0.4, -0.2) is 34.5 Å². The second kappa shape index (κ2) is 5.59. The van der Waals surface area contributed by atoms with E-state index in [9.17, 15) is 0 Å². The van der Waals surface area contributed by atoms with Crippen LogP contribution in [0.5, 0.6) is 0 Å². The van der Waals surface area contributed by atoms with Crippen LogP contribution in [0.1, 0.15) is 12.8 Å². The Morgan fingerprint density at radius 2 is 2.09 bits per heavy atom. The molecule has 0 spiro atoms. The summed E-state index contributed by atoms with van der Waals surface area (Å²) in [7, 11) is 0. The fourth-order valence-corrected chi connectivity index (χ4v) is 1.44. The van der Waals surface area contributed by atoms with Crippen molar-refractivity contribution in [3.05, 3.63) is 0 Å². The Labute approximate surface area is 87.0 Å². The third-order valence-electron chi connectivity index (χ3n) is 1.55. The molecule has 0 aromatic heterocycles. The van der Waals surface area contributed by atoms with E-state index < -0.39 is 6.10 Å². The van der Waals surface area contributed by atoms with E-state index in [-0.39, 0.29) is 40.5 Å². The van der Waals surface area contributed by atoms with E-state index in [0.29, 0.717) is 12.8 Å². The van der Waals surface area contributed by atoms with Gasteiger partial charge in [-0.25, -0.2) is 0 Å². The van der Waals surface area contributed by atoms with Crippen molar-refractivity contribution < 1.29 is 37.3 Å². The number of aliphatic hydroxyl groups excluding tert-OH is 2. The van der Waals surface area contributed by atoms with Crippen LogP contribution in [0.25, 0.3) is 0 Å². The number of rotatable bonds is 1. The fraction of sp³-hybridized carbons (Fsp3) is 1.00. The number of hydrogen-bond acceptors (Lipinski definition) is 4. The van der Waals surface area contributed by atoms with Crippen LogP contribution in [0.15, 0.2) is 0 Å². The maximum atomic E-state index is 9.12. The topological polar surface area (TPSA) is 49.7 Å². The van der Waals surface area contributed by atoms with Crippen LogP contribution >= 0.6 is 0 Å².